The number of carbonyl (C=O) groups excluding carboxylic acids is 3. The first kappa shape index (κ1) is 21.0. The van der Waals surface area contributed by atoms with Crippen LogP contribution in [0.15, 0.2) is 11.3 Å². The molecule has 170 valence electrons. The van der Waals surface area contributed by atoms with Gasteiger partial charge in [0, 0.05) is 6.42 Å². The van der Waals surface area contributed by atoms with E-state index in [1.165, 1.54) is 24.2 Å². The lowest BCUT2D eigenvalue weighted by Crippen LogP contribution is -2.56. The van der Waals surface area contributed by atoms with E-state index in [4.69, 9.17) is 9.47 Å². The fraction of sp³-hybridized carbons (Fsp3) is 0.792. The molecule has 31 heavy (non-hydrogen) atoms. The van der Waals surface area contributed by atoms with Crippen molar-refractivity contribution in [2.75, 3.05) is 13.3 Å². The first-order valence-electron chi connectivity index (χ1n) is 11.6. The number of nitrogens with zero attached hydrogens (tertiary/aromatic N) is 1. The van der Waals surface area contributed by atoms with Gasteiger partial charge in [0.1, 0.15) is 18.1 Å². The third-order valence-electron chi connectivity index (χ3n) is 8.67. The van der Waals surface area contributed by atoms with Crippen molar-refractivity contribution >= 4 is 17.7 Å². The zero-order chi connectivity index (χ0) is 22.4. The van der Waals surface area contributed by atoms with Crippen LogP contribution in [0.25, 0.3) is 0 Å². The molecule has 2 unspecified atom stereocenters. The van der Waals surface area contributed by atoms with Crippen molar-refractivity contribution in [3.8, 4) is 0 Å². The summed E-state index contributed by atoms with van der Waals surface area (Å²) in [5, 5.41) is 11.1. The zero-order valence-corrected chi connectivity index (χ0v) is 19.0. The fourth-order valence-electron chi connectivity index (χ4n) is 8.77. The van der Waals surface area contributed by atoms with Gasteiger partial charge in [-0.3, -0.25) is 14.5 Å². The number of ketones is 1. The van der Waals surface area contributed by atoms with Gasteiger partial charge in [-0.2, -0.15) is 0 Å². The summed E-state index contributed by atoms with van der Waals surface area (Å²) in [4.78, 5) is 40.8. The topological polar surface area (TPSA) is 93.1 Å². The van der Waals surface area contributed by atoms with E-state index in [0.717, 1.165) is 19.3 Å². The number of hydrogen-bond acceptors (Lipinski definition) is 6. The standard InChI is InChI=1S/C24H33NO6/c1-5-30-20(29)24-14(2)31-13-25(24)19(28)17(18(24)27)16(26)9-23-8-15-6-21(3,11-23)10-22(4,7-15)12-23/h14-15,27H,5-13H2,1-4H3/t14-,15?,21?,22?,23?,24-/m1/s1. The molecule has 0 aromatic carbocycles. The molecule has 7 nitrogen and oxygen atoms in total. The van der Waals surface area contributed by atoms with Crippen LogP contribution >= 0.6 is 0 Å². The molecule has 0 aromatic rings. The SMILES string of the molecule is CCOC(=O)[C@@]12C(O)=C(C(=O)CC34CC5CC(C)(CC(C)(C5)C3)C4)C(=O)N1CO[C@@H]2C. The van der Waals surface area contributed by atoms with Crippen molar-refractivity contribution in [1.29, 1.82) is 0 Å². The van der Waals surface area contributed by atoms with Gasteiger partial charge in [-0.1, -0.05) is 13.8 Å². The van der Waals surface area contributed by atoms with E-state index in [1.54, 1.807) is 13.8 Å². The van der Waals surface area contributed by atoms with E-state index in [0.29, 0.717) is 5.92 Å². The van der Waals surface area contributed by atoms with Gasteiger partial charge in [-0.05, 0) is 74.5 Å². The maximum Gasteiger partial charge on any atom is 0.342 e. The monoisotopic (exact) mass is 431 g/mol. The number of hydrogen-bond donors (Lipinski definition) is 1. The molecule has 0 aromatic heterocycles. The predicted molar refractivity (Wildman–Crippen MR) is 111 cm³/mol. The molecule has 7 heteroatoms. The van der Waals surface area contributed by atoms with Crippen molar-refractivity contribution in [3.63, 3.8) is 0 Å². The second kappa shape index (κ2) is 6.33. The molecule has 0 radical (unpaired) electrons. The van der Waals surface area contributed by atoms with E-state index in [2.05, 4.69) is 13.8 Å². The average Bonchev–Trinajstić information content (AvgIpc) is 3.06. The molecule has 5 fully saturated rings. The number of fused-ring (bicyclic) bond motifs is 1. The van der Waals surface area contributed by atoms with E-state index in [-0.39, 0.29) is 47.4 Å². The highest BCUT2D eigenvalue weighted by Crippen LogP contribution is 2.70. The summed E-state index contributed by atoms with van der Waals surface area (Å²) in [6.45, 7) is 7.93. The van der Waals surface area contributed by atoms with Gasteiger partial charge in [0.15, 0.2) is 5.78 Å². The van der Waals surface area contributed by atoms with Crippen LogP contribution in [0, 0.1) is 22.2 Å². The van der Waals surface area contributed by atoms with Gasteiger partial charge in [0.2, 0.25) is 5.54 Å². The summed E-state index contributed by atoms with van der Waals surface area (Å²) in [5.41, 5.74) is -1.62. The maximum atomic E-state index is 13.6. The molecule has 6 rings (SSSR count). The molecule has 2 aliphatic heterocycles. The van der Waals surface area contributed by atoms with Gasteiger partial charge < -0.3 is 14.6 Å². The Kier molecular flexibility index (Phi) is 4.29. The molecule has 4 saturated carbocycles. The van der Waals surface area contributed by atoms with Gasteiger partial charge in [-0.25, -0.2) is 4.79 Å². The largest absolute Gasteiger partial charge is 0.508 e. The lowest BCUT2D eigenvalue weighted by Gasteiger charge is -2.65. The van der Waals surface area contributed by atoms with Crippen LogP contribution in [0.5, 0.6) is 0 Å². The third kappa shape index (κ3) is 2.71. The Hall–Kier alpha value is -1.89. The highest BCUT2D eigenvalue weighted by atomic mass is 16.6. The van der Waals surface area contributed by atoms with Gasteiger partial charge >= 0.3 is 5.97 Å². The molecule has 4 atom stereocenters. The Balaban J connectivity index is 1.49. The first-order chi connectivity index (χ1) is 14.5. The number of carbonyl (C=O) groups is 3. The Morgan fingerprint density at radius 3 is 2.39 bits per heavy atom. The van der Waals surface area contributed by atoms with Crippen LogP contribution in [-0.4, -0.2) is 52.6 Å². The van der Waals surface area contributed by atoms with E-state index in [1.807, 2.05) is 0 Å². The quantitative estimate of drug-likeness (QED) is 0.530. The van der Waals surface area contributed by atoms with Gasteiger partial charge in [-0.15, -0.1) is 0 Å². The minimum atomic E-state index is -1.75. The van der Waals surface area contributed by atoms with E-state index < -0.39 is 29.3 Å². The average molecular weight is 432 g/mol. The van der Waals surface area contributed by atoms with Crippen LogP contribution in [0.2, 0.25) is 0 Å². The van der Waals surface area contributed by atoms with Crippen LogP contribution in [0.1, 0.15) is 72.6 Å². The first-order valence-corrected chi connectivity index (χ1v) is 11.6. The highest BCUT2D eigenvalue weighted by Gasteiger charge is 2.67. The van der Waals surface area contributed by atoms with Gasteiger partial charge in [0.25, 0.3) is 5.91 Å². The summed E-state index contributed by atoms with van der Waals surface area (Å²) in [6, 6.07) is 0. The van der Waals surface area contributed by atoms with Crippen molar-refractivity contribution in [2.24, 2.45) is 22.2 Å². The lowest BCUT2D eigenvalue weighted by molar-refractivity contribution is -0.158. The van der Waals surface area contributed by atoms with Crippen molar-refractivity contribution in [1.82, 2.24) is 4.90 Å². The number of aliphatic hydroxyl groups excluding tert-OH is 1. The summed E-state index contributed by atoms with van der Waals surface area (Å²) in [5.74, 6) is -1.58. The van der Waals surface area contributed by atoms with Crippen LogP contribution in [0.4, 0.5) is 0 Å². The van der Waals surface area contributed by atoms with E-state index >= 15 is 0 Å². The van der Waals surface area contributed by atoms with Crippen LogP contribution in [-0.2, 0) is 23.9 Å². The summed E-state index contributed by atoms with van der Waals surface area (Å²) < 4.78 is 10.7. The minimum absolute atomic E-state index is 0.105. The summed E-state index contributed by atoms with van der Waals surface area (Å²) >= 11 is 0. The number of Topliss-reactive ketones (excluding diaryl/α,β-unsaturated/α-hetero) is 1. The molecule has 4 aliphatic carbocycles. The highest BCUT2D eigenvalue weighted by molar-refractivity contribution is 6.24. The number of aliphatic hydroxyl groups is 1. The van der Waals surface area contributed by atoms with Crippen molar-refractivity contribution < 1.29 is 29.0 Å². The van der Waals surface area contributed by atoms with Crippen LogP contribution < -0.4 is 0 Å². The smallest absolute Gasteiger partial charge is 0.342 e. The molecular weight excluding hydrogens is 398 g/mol. The lowest BCUT2D eigenvalue weighted by atomic mass is 9.39. The Bertz CT molecular complexity index is 890. The Morgan fingerprint density at radius 1 is 1.16 bits per heavy atom. The minimum Gasteiger partial charge on any atom is -0.508 e. The molecular formula is C24H33NO6. The number of amides is 1. The fourth-order valence-corrected chi connectivity index (χ4v) is 8.77. The van der Waals surface area contributed by atoms with E-state index in [9.17, 15) is 19.5 Å². The molecule has 0 spiro atoms. The summed E-state index contributed by atoms with van der Waals surface area (Å²) in [7, 11) is 0. The molecule has 6 aliphatic rings. The van der Waals surface area contributed by atoms with Gasteiger partial charge in [0.05, 0.1) is 12.7 Å². The third-order valence-corrected chi connectivity index (χ3v) is 8.67. The van der Waals surface area contributed by atoms with Crippen molar-refractivity contribution in [3.05, 3.63) is 11.3 Å². The number of ether oxygens (including phenoxy) is 2. The predicted octanol–water partition coefficient (Wildman–Crippen LogP) is 3.27. The molecule has 1 N–H and O–H groups in total. The molecule has 2 heterocycles. The molecule has 4 bridgehead atoms. The Morgan fingerprint density at radius 2 is 1.81 bits per heavy atom. The second-order valence-corrected chi connectivity index (χ2v) is 11.6. The molecule has 1 saturated heterocycles. The van der Waals surface area contributed by atoms with Crippen LogP contribution in [0.3, 0.4) is 0 Å². The number of rotatable bonds is 5. The second-order valence-electron chi connectivity index (χ2n) is 11.6. The molecule has 1 amide bonds. The Labute approximate surface area is 183 Å². The maximum absolute atomic E-state index is 13.6. The summed E-state index contributed by atoms with van der Waals surface area (Å²) in [6.07, 6.45) is 6.10. The van der Waals surface area contributed by atoms with Crippen molar-refractivity contribution in [2.45, 2.75) is 84.3 Å². The normalized spacial score (nSPS) is 45.4. The zero-order valence-electron chi connectivity index (χ0n) is 19.0. The number of esters is 1.